The molecule has 0 radical (unpaired) electrons. The Hall–Kier alpha value is -1.60. The molecule has 8 heteroatoms. The molecule has 1 aliphatic rings. The van der Waals surface area contributed by atoms with Crippen molar-refractivity contribution in [3.05, 3.63) is 12.3 Å². The quantitative estimate of drug-likeness (QED) is 0.871. The second-order valence-electron chi connectivity index (χ2n) is 5.02. The fourth-order valence-electron chi connectivity index (χ4n) is 2.39. The normalized spacial score (nSPS) is 17.3. The topological polar surface area (TPSA) is 78.8 Å². The number of rotatable bonds is 5. The first-order valence-corrected chi connectivity index (χ1v) is 7.29. The number of aromatic nitrogens is 2. The van der Waals surface area contributed by atoms with Crippen LogP contribution < -0.4 is 9.64 Å². The zero-order valence-corrected chi connectivity index (χ0v) is 13.8. The van der Waals surface area contributed by atoms with Crippen molar-refractivity contribution in [1.29, 1.82) is 0 Å². The van der Waals surface area contributed by atoms with E-state index in [-0.39, 0.29) is 12.4 Å². The van der Waals surface area contributed by atoms with Crippen LogP contribution in [0.4, 0.5) is 5.95 Å². The van der Waals surface area contributed by atoms with Crippen LogP contribution in [0.1, 0.15) is 20.3 Å². The van der Waals surface area contributed by atoms with Crippen molar-refractivity contribution in [3.63, 3.8) is 0 Å². The van der Waals surface area contributed by atoms with E-state index >= 15 is 0 Å². The van der Waals surface area contributed by atoms with Gasteiger partial charge in [-0.3, -0.25) is 9.69 Å². The lowest BCUT2D eigenvalue weighted by Crippen LogP contribution is -2.41. The molecule has 1 N–H and O–H groups in total. The molecule has 2 heterocycles. The lowest BCUT2D eigenvalue weighted by molar-refractivity contribution is -0.142. The van der Waals surface area contributed by atoms with Crippen LogP contribution in [0.3, 0.4) is 0 Å². The fraction of sp³-hybridized carbons (Fsp3) is 0.643. The Morgan fingerprint density at radius 2 is 2.18 bits per heavy atom. The van der Waals surface area contributed by atoms with Crippen molar-refractivity contribution in [2.24, 2.45) is 0 Å². The third kappa shape index (κ3) is 4.71. The number of hydrogen-bond acceptors (Lipinski definition) is 6. The summed E-state index contributed by atoms with van der Waals surface area (Å²) >= 11 is 0. The molecule has 7 nitrogen and oxygen atoms in total. The smallest absolute Gasteiger partial charge is 0.320 e. The molecule has 124 valence electrons. The zero-order chi connectivity index (χ0) is 15.2. The van der Waals surface area contributed by atoms with Gasteiger partial charge in [-0.2, -0.15) is 4.98 Å². The number of carboxylic acid groups (broad SMARTS) is 1. The molecule has 1 saturated heterocycles. The SMILES string of the molecule is CCOc1ccnc(N2CCCN(C(C)C(=O)O)CC2)n1.Cl. The summed E-state index contributed by atoms with van der Waals surface area (Å²) in [7, 11) is 0. The third-order valence-electron chi connectivity index (χ3n) is 3.63. The highest BCUT2D eigenvalue weighted by atomic mass is 35.5. The Morgan fingerprint density at radius 3 is 2.86 bits per heavy atom. The predicted molar refractivity (Wildman–Crippen MR) is 85.9 cm³/mol. The maximum absolute atomic E-state index is 11.1. The Morgan fingerprint density at radius 1 is 1.41 bits per heavy atom. The second-order valence-corrected chi connectivity index (χ2v) is 5.02. The minimum atomic E-state index is -0.780. The molecule has 1 fully saturated rings. The molecule has 0 aromatic carbocycles. The van der Waals surface area contributed by atoms with E-state index in [0.29, 0.717) is 31.5 Å². The van der Waals surface area contributed by atoms with Crippen LogP contribution in [0, 0.1) is 0 Å². The van der Waals surface area contributed by atoms with E-state index in [1.54, 1.807) is 19.2 Å². The van der Waals surface area contributed by atoms with Gasteiger partial charge >= 0.3 is 5.97 Å². The highest BCUT2D eigenvalue weighted by Gasteiger charge is 2.24. The van der Waals surface area contributed by atoms with Gasteiger partial charge in [-0.25, -0.2) is 4.98 Å². The lowest BCUT2D eigenvalue weighted by atomic mass is 10.2. The van der Waals surface area contributed by atoms with E-state index < -0.39 is 12.0 Å². The highest BCUT2D eigenvalue weighted by molar-refractivity contribution is 5.85. The fourth-order valence-corrected chi connectivity index (χ4v) is 2.39. The summed E-state index contributed by atoms with van der Waals surface area (Å²) in [5.41, 5.74) is 0. The molecule has 1 unspecified atom stereocenters. The van der Waals surface area contributed by atoms with Gasteiger partial charge in [0.1, 0.15) is 6.04 Å². The van der Waals surface area contributed by atoms with Crippen LogP contribution in [0.2, 0.25) is 0 Å². The van der Waals surface area contributed by atoms with Gasteiger partial charge in [0.05, 0.1) is 6.61 Å². The van der Waals surface area contributed by atoms with E-state index in [2.05, 4.69) is 14.9 Å². The Kier molecular flexibility index (Phi) is 7.34. The molecular formula is C14H23ClN4O3. The van der Waals surface area contributed by atoms with E-state index in [1.807, 2.05) is 11.8 Å². The van der Waals surface area contributed by atoms with Crippen LogP contribution in [-0.4, -0.2) is 64.8 Å². The Balaban J connectivity index is 0.00000242. The number of hydrogen-bond donors (Lipinski definition) is 1. The second kappa shape index (κ2) is 8.75. The molecule has 0 spiro atoms. The van der Waals surface area contributed by atoms with Crippen molar-refractivity contribution in [2.45, 2.75) is 26.3 Å². The molecular weight excluding hydrogens is 308 g/mol. The number of carbonyl (C=O) groups is 1. The maximum Gasteiger partial charge on any atom is 0.320 e. The van der Waals surface area contributed by atoms with Crippen LogP contribution in [0.15, 0.2) is 12.3 Å². The standard InChI is InChI=1S/C14H22N4O3.ClH/c1-3-21-12-5-6-15-14(16-12)18-8-4-7-17(9-10-18)11(2)13(19)20;/h5-6,11H,3-4,7-10H2,1-2H3,(H,19,20);1H. The molecule has 0 saturated carbocycles. The van der Waals surface area contributed by atoms with Gasteiger partial charge in [0.2, 0.25) is 11.8 Å². The van der Waals surface area contributed by atoms with Crippen LogP contribution in [-0.2, 0) is 4.79 Å². The predicted octanol–water partition coefficient (Wildman–Crippen LogP) is 1.28. The molecule has 1 aromatic heterocycles. The zero-order valence-electron chi connectivity index (χ0n) is 12.9. The Bertz CT molecular complexity index is 489. The van der Waals surface area contributed by atoms with Gasteiger partial charge in [-0.15, -0.1) is 12.4 Å². The monoisotopic (exact) mass is 330 g/mol. The number of halogens is 1. The summed E-state index contributed by atoms with van der Waals surface area (Å²) in [6, 6.07) is 1.28. The molecule has 0 amide bonds. The number of ether oxygens (including phenoxy) is 1. The average Bonchev–Trinajstić information content (AvgIpc) is 2.73. The lowest BCUT2D eigenvalue weighted by Gasteiger charge is -2.24. The molecule has 1 atom stereocenters. The van der Waals surface area contributed by atoms with Gasteiger partial charge in [-0.1, -0.05) is 0 Å². The van der Waals surface area contributed by atoms with Crippen molar-refractivity contribution in [3.8, 4) is 5.88 Å². The van der Waals surface area contributed by atoms with Gasteiger partial charge in [-0.05, 0) is 20.3 Å². The molecule has 2 rings (SSSR count). The minimum Gasteiger partial charge on any atom is -0.480 e. The number of aliphatic carboxylic acids is 1. The summed E-state index contributed by atoms with van der Waals surface area (Å²) in [4.78, 5) is 23.8. The van der Waals surface area contributed by atoms with E-state index in [1.165, 1.54) is 0 Å². The molecule has 22 heavy (non-hydrogen) atoms. The summed E-state index contributed by atoms with van der Waals surface area (Å²) < 4.78 is 5.39. The van der Waals surface area contributed by atoms with E-state index in [4.69, 9.17) is 9.84 Å². The summed E-state index contributed by atoms with van der Waals surface area (Å²) in [5.74, 6) is 0.436. The number of carboxylic acids is 1. The van der Waals surface area contributed by atoms with Gasteiger partial charge < -0.3 is 14.7 Å². The largest absolute Gasteiger partial charge is 0.480 e. The van der Waals surface area contributed by atoms with Gasteiger partial charge in [0, 0.05) is 38.4 Å². The summed E-state index contributed by atoms with van der Waals surface area (Å²) in [5, 5.41) is 9.11. The Labute approximate surface area is 136 Å². The first-order valence-electron chi connectivity index (χ1n) is 7.29. The van der Waals surface area contributed by atoms with E-state index in [0.717, 1.165) is 19.5 Å². The first-order chi connectivity index (χ1) is 10.1. The van der Waals surface area contributed by atoms with E-state index in [9.17, 15) is 4.79 Å². The molecule has 1 aromatic rings. The van der Waals surface area contributed by atoms with Crippen LogP contribution >= 0.6 is 12.4 Å². The highest BCUT2D eigenvalue weighted by Crippen LogP contribution is 2.16. The van der Waals surface area contributed by atoms with Gasteiger partial charge in [0.25, 0.3) is 0 Å². The minimum absolute atomic E-state index is 0. The van der Waals surface area contributed by atoms with Gasteiger partial charge in [0.15, 0.2) is 0 Å². The summed E-state index contributed by atoms with van der Waals surface area (Å²) in [6.45, 7) is 7.21. The van der Waals surface area contributed by atoms with Crippen molar-refractivity contribution >= 4 is 24.3 Å². The average molecular weight is 331 g/mol. The maximum atomic E-state index is 11.1. The van der Waals surface area contributed by atoms with Crippen LogP contribution in [0.25, 0.3) is 0 Å². The number of nitrogens with zero attached hydrogens (tertiary/aromatic N) is 4. The first kappa shape index (κ1) is 18.4. The number of anilines is 1. The summed E-state index contributed by atoms with van der Waals surface area (Å²) in [6.07, 6.45) is 2.58. The van der Waals surface area contributed by atoms with Crippen molar-refractivity contribution < 1.29 is 14.6 Å². The van der Waals surface area contributed by atoms with Crippen molar-refractivity contribution in [2.75, 3.05) is 37.7 Å². The van der Waals surface area contributed by atoms with Crippen molar-refractivity contribution in [1.82, 2.24) is 14.9 Å². The molecule has 1 aliphatic heterocycles. The van der Waals surface area contributed by atoms with Crippen LogP contribution in [0.5, 0.6) is 5.88 Å². The third-order valence-corrected chi connectivity index (χ3v) is 3.63. The molecule has 0 bridgehead atoms. The molecule has 0 aliphatic carbocycles.